The Morgan fingerprint density at radius 2 is 1.41 bits per heavy atom. The second-order valence-electron chi connectivity index (χ2n) is 5.84. The molecule has 0 spiro atoms. The van der Waals surface area contributed by atoms with Gasteiger partial charge in [0.15, 0.2) is 0 Å². The summed E-state index contributed by atoms with van der Waals surface area (Å²) in [5.74, 6) is 2.30. The van der Waals surface area contributed by atoms with E-state index in [1.54, 1.807) is 0 Å². The summed E-state index contributed by atoms with van der Waals surface area (Å²) in [7, 11) is 0. The molecule has 0 radical (unpaired) electrons. The summed E-state index contributed by atoms with van der Waals surface area (Å²) in [5, 5.41) is 0. The number of rotatable bonds is 3. The first-order valence-electron chi connectivity index (χ1n) is 7.47. The second-order valence-corrected chi connectivity index (χ2v) is 5.84. The minimum absolute atomic E-state index is 0.447. The minimum atomic E-state index is 0.447. The van der Waals surface area contributed by atoms with E-state index in [4.69, 9.17) is 9.47 Å². The average molecular weight is 240 g/mol. The monoisotopic (exact) mass is 240 g/mol. The van der Waals surface area contributed by atoms with Crippen molar-refractivity contribution < 1.29 is 9.47 Å². The van der Waals surface area contributed by atoms with Gasteiger partial charge in [-0.05, 0) is 57.3 Å². The van der Waals surface area contributed by atoms with E-state index in [1.165, 1.54) is 32.1 Å². The maximum absolute atomic E-state index is 5.86. The van der Waals surface area contributed by atoms with Crippen LogP contribution < -0.4 is 0 Å². The van der Waals surface area contributed by atoms with Crippen molar-refractivity contribution >= 4 is 0 Å². The molecule has 2 aliphatic heterocycles. The second kappa shape index (κ2) is 6.19. The summed E-state index contributed by atoms with van der Waals surface area (Å²) in [4.78, 5) is 0. The molecule has 0 aromatic rings. The van der Waals surface area contributed by atoms with Crippen LogP contribution in [0.4, 0.5) is 0 Å². The summed E-state index contributed by atoms with van der Waals surface area (Å²) in [6.45, 7) is 8.80. The van der Waals surface area contributed by atoms with Gasteiger partial charge in [0.05, 0.1) is 12.2 Å². The van der Waals surface area contributed by atoms with Crippen molar-refractivity contribution in [1.29, 1.82) is 0 Å². The number of hydrogen-bond acceptors (Lipinski definition) is 2. The third kappa shape index (κ3) is 3.03. The van der Waals surface area contributed by atoms with Gasteiger partial charge in [0, 0.05) is 13.2 Å². The smallest absolute Gasteiger partial charge is 0.0577 e. The van der Waals surface area contributed by atoms with E-state index in [2.05, 4.69) is 20.8 Å². The first kappa shape index (κ1) is 13.4. The summed E-state index contributed by atoms with van der Waals surface area (Å²) < 4.78 is 11.7. The Morgan fingerprint density at radius 1 is 0.941 bits per heavy atom. The van der Waals surface area contributed by atoms with E-state index in [0.29, 0.717) is 12.2 Å². The Hall–Kier alpha value is -0.0800. The maximum Gasteiger partial charge on any atom is 0.0577 e. The van der Waals surface area contributed by atoms with Crippen LogP contribution in [0.5, 0.6) is 0 Å². The van der Waals surface area contributed by atoms with Crippen LogP contribution in [-0.4, -0.2) is 25.4 Å². The normalized spacial score (nSPS) is 41.1. The summed E-state index contributed by atoms with van der Waals surface area (Å²) in [6.07, 6.45) is 7.36. The van der Waals surface area contributed by atoms with Gasteiger partial charge in [-0.2, -0.15) is 0 Å². The quantitative estimate of drug-likeness (QED) is 0.750. The minimum Gasteiger partial charge on any atom is -0.378 e. The third-order valence-electron chi connectivity index (χ3n) is 4.90. The average Bonchev–Trinajstić information content (AvgIpc) is 2.34. The fourth-order valence-electron chi connectivity index (χ4n) is 3.94. The zero-order chi connectivity index (χ0) is 12.3. The highest BCUT2D eigenvalue weighted by molar-refractivity contribution is 4.86. The highest BCUT2D eigenvalue weighted by atomic mass is 16.5. The molecule has 0 aromatic carbocycles. The SMILES string of the molecule is CCC(C1CCCOC1C)C1CCCOC1C. The van der Waals surface area contributed by atoms with Crippen LogP contribution in [0, 0.1) is 17.8 Å². The Bertz CT molecular complexity index is 207. The molecule has 100 valence electrons. The van der Waals surface area contributed by atoms with E-state index < -0.39 is 0 Å². The van der Waals surface area contributed by atoms with Gasteiger partial charge in [0.1, 0.15) is 0 Å². The molecular weight excluding hydrogens is 212 g/mol. The predicted octanol–water partition coefficient (Wildman–Crippen LogP) is 3.64. The predicted molar refractivity (Wildman–Crippen MR) is 70.1 cm³/mol. The Morgan fingerprint density at radius 3 is 1.76 bits per heavy atom. The zero-order valence-electron chi connectivity index (χ0n) is 11.7. The molecule has 2 heteroatoms. The van der Waals surface area contributed by atoms with E-state index in [9.17, 15) is 0 Å². The van der Waals surface area contributed by atoms with Crippen molar-refractivity contribution in [1.82, 2.24) is 0 Å². The Kier molecular flexibility index (Phi) is 4.87. The summed E-state index contributed by atoms with van der Waals surface area (Å²) in [5.41, 5.74) is 0. The van der Waals surface area contributed by atoms with Crippen LogP contribution in [0.3, 0.4) is 0 Å². The topological polar surface area (TPSA) is 18.5 Å². The molecular formula is C15H28O2. The molecule has 0 saturated carbocycles. The molecule has 2 fully saturated rings. The molecule has 4 atom stereocenters. The fourth-order valence-corrected chi connectivity index (χ4v) is 3.94. The Balaban J connectivity index is 2.03. The molecule has 0 bridgehead atoms. The standard InChI is InChI=1S/C15H28O2/c1-4-13(14-7-5-9-16-11(14)2)15-8-6-10-17-12(15)3/h11-15H,4-10H2,1-3H3. The first-order chi connectivity index (χ1) is 8.24. The Labute approximate surface area is 106 Å². The molecule has 0 aliphatic carbocycles. The highest BCUT2D eigenvalue weighted by Gasteiger charge is 2.37. The van der Waals surface area contributed by atoms with Gasteiger partial charge >= 0.3 is 0 Å². The molecule has 2 nitrogen and oxygen atoms in total. The number of hydrogen-bond donors (Lipinski definition) is 0. The van der Waals surface area contributed by atoms with E-state index in [-0.39, 0.29) is 0 Å². The van der Waals surface area contributed by atoms with Crippen molar-refractivity contribution in [2.24, 2.45) is 17.8 Å². The molecule has 2 saturated heterocycles. The van der Waals surface area contributed by atoms with Crippen molar-refractivity contribution in [3.63, 3.8) is 0 Å². The van der Waals surface area contributed by atoms with Gasteiger partial charge in [-0.1, -0.05) is 13.3 Å². The van der Waals surface area contributed by atoms with Gasteiger partial charge in [0.2, 0.25) is 0 Å². The van der Waals surface area contributed by atoms with Gasteiger partial charge in [-0.3, -0.25) is 0 Å². The molecule has 0 amide bonds. The molecule has 0 aromatic heterocycles. The summed E-state index contributed by atoms with van der Waals surface area (Å²) >= 11 is 0. The van der Waals surface area contributed by atoms with Crippen LogP contribution in [0.1, 0.15) is 52.9 Å². The largest absolute Gasteiger partial charge is 0.378 e. The van der Waals surface area contributed by atoms with Crippen molar-refractivity contribution in [2.75, 3.05) is 13.2 Å². The maximum atomic E-state index is 5.86. The molecule has 2 aliphatic rings. The lowest BCUT2D eigenvalue weighted by Crippen LogP contribution is -2.41. The third-order valence-corrected chi connectivity index (χ3v) is 4.90. The van der Waals surface area contributed by atoms with Crippen LogP contribution in [0.15, 0.2) is 0 Å². The lowest BCUT2D eigenvalue weighted by molar-refractivity contribution is -0.0880. The van der Waals surface area contributed by atoms with Crippen molar-refractivity contribution in [3.8, 4) is 0 Å². The van der Waals surface area contributed by atoms with Crippen LogP contribution in [0.2, 0.25) is 0 Å². The van der Waals surface area contributed by atoms with E-state index in [1.807, 2.05) is 0 Å². The molecule has 17 heavy (non-hydrogen) atoms. The van der Waals surface area contributed by atoms with Crippen LogP contribution >= 0.6 is 0 Å². The van der Waals surface area contributed by atoms with Crippen LogP contribution in [-0.2, 0) is 9.47 Å². The first-order valence-corrected chi connectivity index (χ1v) is 7.47. The van der Waals surface area contributed by atoms with Crippen molar-refractivity contribution in [2.45, 2.75) is 65.1 Å². The van der Waals surface area contributed by atoms with Gasteiger partial charge in [-0.25, -0.2) is 0 Å². The van der Waals surface area contributed by atoms with Gasteiger partial charge < -0.3 is 9.47 Å². The zero-order valence-corrected chi connectivity index (χ0v) is 11.7. The van der Waals surface area contributed by atoms with Crippen LogP contribution in [0.25, 0.3) is 0 Å². The molecule has 2 heterocycles. The molecule has 2 rings (SSSR count). The van der Waals surface area contributed by atoms with Gasteiger partial charge in [-0.15, -0.1) is 0 Å². The van der Waals surface area contributed by atoms with E-state index in [0.717, 1.165) is 31.0 Å². The fraction of sp³-hybridized carbons (Fsp3) is 1.00. The molecule has 0 N–H and O–H groups in total. The van der Waals surface area contributed by atoms with Gasteiger partial charge in [0.25, 0.3) is 0 Å². The lowest BCUT2D eigenvalue weighted by Gasteiger charge is -2.42. The summed E-state index contributed by atoms with van der Waals surface area (Å²) in [6, 6.07) is 0. The lowest BCUT2D eigenvalue weighted by atomic mass is 9.70. The number of ether oxygens (including phenoxy) is 2. The highest BCUT2D eigenvalue weighted by Crippen LogP contribution is 2.39. The van der Waals surface area contributed by atoms with Crippen molar-refractivity contribution in [3.05, 3.63) is 0 Å². The van der Waals surface area contributed by atoms with E-state index >= 15 is 0 Å². The molecule has 4 unspecified atom stereocenters.